The van der Waals surface area contributed by atoms with Crippen molar-refractivity contribution in [3.05, 3.63) is 34.9 Å². The number of aryl methyl sites for hydroxylation is 3. The largest absolute Gasteiger partial charge is 0.346 e. The first-order chi connectivity index (χ1) is 9.56. The Morgan fingerprint density at radius 3 is 2.55 bits per heavy atom. The van der Waals surface area contributed by atoms with Gasteiger partial charge in [0, 0.05) is 25.0 Å². The van der Waals surface area contributed by atoms with Crippen molar-refractivity contribution in [3.63, 3.8) is 0 Å². The fraction of sp³-hybridized carbons (Fsp3) is 0.500. The van der Waals surface area contributed by atoms with Crippen molar-refractivity contribution in [1.29, 1.82) is 0 Å². The molecule has 2 rings (SSSR count). The van der Waals surface area contributed by atoms with Crippen LogP contribution in [0.25, 0.3) is 0 Å². The molecule has 108 valence electrons. The molecule has 20 heavy (non-hydrogen) atoms. The van der Waals surface area contributed by atoms with Crippen LogP contribution < -0.4 is 5.32 Å². The van der Waals surface area contributed by atoms with Gasteiger partial charge in [-0.2, -0.15) is 10.2 Å². The lowest BCUT2D eigenvalue weighted by molar-refractivity contribution is 0.0949. The van der Waals surface area contributed by atoms with Gasteiger partial charge < -0.3 is 5.32 Å². The highest BCUT2D eigenvalue weighted by Crippen LogP contribution is 2.13. The summed E-state index contributed by atoms with van der Waals surface area (Å²) in [4.78, 5) is 12.3. The molecule has 6 heteroatoms. The van der Waals surface area contributed by atoms with Crippen LogP contribution in [0.5, 0.6) is 0 Å². The van der Waals surface area contributed by atoms with Crippen LogP contribution in [0, 0.1) is 13.8 Å². The average molecular weight is 275 g/mol. The maximum Gasteiger partial charge on any atom is 0.255 e. The van der Waals surface area contributed by atoms with Gasteiger partial charge >= 0.3 is 0 Å². The molecular formula is C14H21N5O. The Hall–Kier alpha value is -2.11. The van der Waals surface area contributed by atoms with Crippen LogP contribution in [0.15, 0.2) is 12.3 Å². The Bertz CT molecular complexity index is 611. The molecular weight excluding hydrogens is 254 g/mol. The number of aromatic nitrogens is 4. The minimum Gasteiger partial charge on any atom is -0.346 e. The smallest absolute Gasteiger partial charge is 0.255 e. The van der Waals surface area contributed by atoms with Crippen LogP contribution in [0.3, 0.4) is 0 Å². The summed E-state index contributed by atoms with van der Waals surface area (Å²) in [5.74, 6) is -0.0919. The average Bonchev–Trinajstić information content (AvgIpc) is 3.00. The number of hydrogen-bond donors (Lipinski definition) is 1. The minimum absolute atomic E-state index is 0.0919. The molecule has 0 unspecified atom stereocenters. The van der Waals surface area contributed by atoms with Crippen LogP contribution in [-0.4, -0.2) is 25.5 Å². The van der Waals surface area contributed by atoms with Gasteiger partial charge in [-0.15, -0.1) is 0 Å². The van der Waals surface area contributed by atoms with Gasteiger partial charge in [0.25, 0.3) is 5.91 Å². The highest BCUT2D eigenvalue weighted by Gasteiger charge is 2.17. The molecule has 0 spiro atoms. The molecule has 1 N–H and O–H groups in total. The van der Waals surface area contributed by atoms with Gasteiger partial charge in [-0.1, -0.05) is 0 Å². The minimum atomic E-state index is -0.0919. The van der Waals surface area contributed by atoms with Crippen LogP contribution in [0.1, 0.15) is 41.3 Å². The molecule has 0 bridgehead atoms. The Morgan fingerprint density at radius 1 is 1.25 bits per heavy atom. The molecule has 0 aliphatic heterocycles. The van der Waals surface area contributed by atoms with Crippen LogP contribution in [0.2, 0.25) is 0 Å². The van der Waals surface area contributed by atoms with E-state index in [1.807, 2.05) is 49.3 Å². The van der Waals surface area contributed by atoms with Crippen LogP contribution >= 0.6 is 0 Å². The fourth-order valence-electron chi connectivity index (χ4n) is 2.27. The number of nitrogens with zero attached hydrogens (tertiary/aromatic N) is 4. The molecule has 0 atom stereocenters. The standard InChI is InChI=1S/C14H21N5O/c1-5-18-8-7-12(17-18)9-15-14(20)13-10(3)16-19(6-2)11(13)4/h7-8H,5-6,9H2,1-4H3,(H,15,20). The summed E-state index contributed by atoms with van der Waals surface area (Å²) >= 11 is 0. The van der Waals surface area contributed by atoms with Gasteiger partial charge in [0.2, 0.25) is 0 Å². The van der Waals surface area contributed by atoms with Crippen molar-refractivity contribution in [1.82, 2.24) is 24.9 Å². The number of nitrogens with one attached hydrogen (secondary N) is 1. The maximum absolute atomic E-state index is 12.3. The highest BCUT2D eigenvalue weighted by atomic mass is 16.1. The maximum atomic E-state index is 12.3. The SMILES string of the molecule is CCn1ccc(CNC(=O)c2c(C)nn(CC)c2C)n1. The molecule has 1 amide bonds. The zero-order chi connectivity index (χ0) is 14.7. The molecule has 0 radical (unpaired) electrons. The normalized spacial score (nSPS) is 10.8. The summed E-state index contributed by atoms with van der Waals surface area (Å²) in [7, 11) is 0. The third-order valence-electron chi connectivity index (χ3n) is 3.36. The van der Waals surface area contributed by atoms with Crippen molar-refractivity contribution < 1.29 is 4.79 Å². The highest BCUT2D eigenvalue weighted by molar-refractivity contribution is 5.96. The number of carbonyl (C=O) groups excluding carboxylic acids is 1. The van der Waals surface area contributed by atoms with Crippen molar-refractivity contribution in [2.45, 2.75) is 47.3 Å². The molecule has 2 aromatic heterocycles. The Balaban J connectivity index is 2.07. The Labute approximate surface area is 118 Å². The molecule has 0 saturated carbocycles. The third kappa shape index (κ3) is 2.74. The number of hydrogen-bond acceptors (Lipinski definition) is 3. The molecule has 6 nitrogen and oxygen atoms in total. The van der Waals surface area contributed by atoms with Crippen LogP contribution in [0.4, 0.5) is 0 Å². The van der Waals surface area contributed by atoms with E-state index in [0.29, 0.717) is 12.1 Å². The van der Waals surface area contributed by atoms with E-state index in [1.54, 1.807) is 0 Å². The van der Waals surface area contributed by atoms with E-state index < -0.39 is 0 Å². The lowest BCUT2D eigenvalue weighted by Gasteiger charge is -2.04. The number of carbonyl (C=O) groups is 1. The van der Waals surface area contributed by atoms with E-state index >= 15 is 0 Å². The van der Waals surface area contributed by atoms with Gasteiger partial charge in [-0.25, -0.2) is 0 Å². The van der Waals surface area contributed by atoms with Crippen molar-refractivity contribution in [3.8, 4) is 0 Å². The fourth-order valence-corrected chi connectivity index (χ4v) is 2.27. The Morgan fingerprint density at radius 2 is 2.00 bits per heavy atom. The first-order valence-corrected chi connectivity index (χ1v) is 6.91. The molecule has 0 fully saturated rings. The number of amides is 1. The quantitative estimate of drug-likeness (QED) is 0.902. The van der Waals surface area contributed by atoms with Gasteiger partial charge in [-0.05, 0) is 33.8 Å². The predicted octanol–water partition coefficient (Wildman–Crippen LogP) is 1.67. The lowest BCUT2D eigenvalue weighted by Crippen LogP contribution is -2.24. The summed E-state index contributed by atoms with van der Waals surface area (Å²) < 4.78 is 3.68. The zero-order valence-electron chi connectivity index (χ0n) is 12.5. The molecule has 2 heterocycles. The third-order valence-corrected chi connectivity index (χ3v) is 3.36. The van der Waals surface area contributed by atoms with Gasteiger partial charge in [0.15, 0.2) is 0 Å². The van der Waals surface area contributed by atoms with Crippen molar-refractivity contribution in [2.75, 3.05) is 0 Å². The summed E-state index contributed by atoms with van der Waals surface area (Å²) in [5, 5.41) is 11.6. The summed E-state index contributed by atoms with van der Waals surface area (Å²) in [6, 6.07) is 1.92. The first-order valence-electron chi connectivity index (χ1n) is 6.91. The van der Waals surface area contributed by atoms with Gasteiger partial charge in [0.1, 0.15) is 0 Å². The second-order valence-electron chi connectivity index (χ2n) is 4.71. The molecule has 0 saturated heterocycles. The Kier molecular flexibility index (Phi) is 4.22. The molecule has 0 aliphatic rings. The monoisotopic (exact) mass is 275 g/mol. The second kappa shape index (κ2) is 5.90. The summed E-state index contributed by atoms with van der Waals surface area (Å²) in [5.41, 5.74) is 3.20. The van der Waals surface area contributed by atoms with Crippen molar-refractivity contribution >= 4 is 5.91 Å². The van der Waals surface area contributed by atoms with E-state index in [9.17, 15) is 4.79 Å². The predicted molar refractivity (Wildman–Crippen MR) is 76.4 cm³/mol. The van der Waals surface area contributed by atoms with E-state index in [0.717, 1.165) is 30.2 Å². The zero-order valence-corrected chi connectivity index (χ0v) is 12.5. The number of rotatable bonds is 5. The molecule has 0 aromatic carbocycles. The lowest BCUT2D eigenvalue weighted by atomic mass is 10.2. The van der Waals surface area contributed by atoms with Crippen LogP contribution in [-0.2, 0) is 19.6 Å². The molecule has 0 aliphatic carbocycles. The van der Waals surface area contributed by atoms with Gasteiger partial charge in [-0.3, -0.25) is 14.2 Å². The first kappa shape index (κ1) is 14.3. The second-order valence-corrected chi connectivity index (χ2v) is 4.71. The molecule has 2 aromatic rings. The van der Waals surface area contributed by atoms with Gasteiger partial charge in [0.05, 0.1) is 23.5 Å². The summed E-state index contributed by atoms with van der Waals surface area (Å²) in [6.07, 6.45) is 1.91. The van der Waals surface area contributed by atoms with E-state index in [-0.39, 0.29) is 5.91 Å². The summed E-state index contributed by atoms with van der Waals surface area (Å²) in [6.45, 7) is 9.85. The van der Waals surface area contributed by atoms with E-state index in [2.05, 4.69) is 15.5 Å². The van der Waals surface area contributed by atoms with Crippen molar-refractivity contribution in [2.24, 2.45) is 0 Å². The van der Waals surface area contributed by atoms with E-state index in [4.69, 9.17) is 0 Å². The topological polar surface area (TPSA) is 64.7 Å². The van der Waals surface area contributed by atoms with E-state index in [1.165, 1.54) is 0 Å².